The van der Waals surface area contributed by atoms with Crippen molar-refractivity contribution in [2.24, 2.45) is 0 Å². The Morgan fingerprint density at radius 1 is 1.48 bits per heavy atom. The van der Waals surface area contributed by atoms with Crippen LogP contribution < -0.4 is 4.90 Å². The molecule has 1 saturated carbocycles. The van der Waals surface area contributed by atoms with Gasteiger partial charge in [-0.25, -0.2) is 4.39 Å². The van der Waals surface area contributed by atoms with Crippen molar-refractivity contribution in [1.29, 1.82) is 0 Å². The Hall–Kier alpha value is -2.07. The minimum absolute atomic E-state index is 0.0956. The molecule has 7 nitrogen and oxygen atoms in total. The molecule has 3 rings (SSSR count). The summed E-state index contributed by atoms with van der Waals surface area (Å²) >= 11 is 2.22. The number of carbonyl (C=O) groups excluding carboxylic acids is 1. The fourth-order valence-electron chi connectivity index (χ4n) is 2.00. The van der Waals surface area contributed by atoms with E-state index in [1.807, 2.05) is 0 Å². The number of hydrogen-bond donors (Lipinski definition) is 0. The molecule has 1 amide bonds. The molecule has 0 saturated heterocycles. The van der Waals surface area contributed by atoms with E-state index in [4.69, 9.17) is 0 Å². The minimum atomic E-state index is -0.688. The first-order valence-electron chi connectivity index (χ1n) is 6.71. The number of rotatable bonds is 5. The Labute approximate surface area is 138 Å². The lowest BCUT2D eigenvalue weighted by Gasteiger charge is -2.15. The normalized spacial score (nSPS) is 13.8. The summed E-state index contributed by atoms with van der Waals surface area (Å²) in [5, 5.41) is 19.1. The number of nitrogens with zero attached hydrogens (tertiary/aromatic N) is 4. The summed E-state index contributed by atoms with van der Waals surface area (Å²) in [6, 6.07) is 3.62. The van der Waals surface area contributed by atoms with Crippen molar-refractivity contribution >= 4 is 39.8 Å². The number of amides is 1. The molecule has 0 bridgehead atoms. The molecule has 10 heteroatoms. The third-order valence-electron chi connectivity index (χ3n) is 3.18. The van der Waals surface area contributed by atoms with Gasteiger partial charge in [0, 0.05) is 19.0 Å². The van der Waals surface area contributed by atoms with E-state index in [1.54, 1.807) is 4.90 Å². The summed E-state index contributed by atoms with van der Waals surface area (Å²) in [5.74, 6) is -0.784. The average molecular weight is 354 g/mol. The van der Waals surface area contributed by atoms with Crippen LogP contribution in [0.15, 0.2) is 27.4 Å². The fourth-order valence-corrected chi connectivity index (χ4v) is 3.92. The number of anilines is 1. The van der Waals surface area contributed by atoms with E-state index in [0.29, 0.717) is 9.47 Å². The standard InChI is InChI=1S/C13H11FN4O3S2/c1-7(19)17(8-2-3-8)12-15-16-13(23-12)22-11-5-4-9(18(20)21)6-10(11)14/h4-6,8H,2-3H2,1H3. The zero-order valence-corrected chi connectivity index (χ0v) is 13.6. The average Bonchev–Trinajstić information content (AvgIpc) is 3.20. The van der Waals surface area contributed by atoms with E-state index in [2.05, 4.69) is 10.2 Å². The van der Waals surface area contributed by atoms with E-state index in [-0.39, 0.29) is 22.5 Å². The molecular weight excluding hydrogens is 343 g/mol. The predicted molar refractivity (Wildman–Crippen MR) is 83.3 cm³/mol. The maximum atomic E-state index is 13.9. The molecular formula is C13H11FN4O3S2. The van der Waals surface area contributed by atoms with Crippen LogP contribution in [0, 0.1) is 15.9 Å². The second-order valence-corrected chi connectivity index (χ2v) is 7.19. The molecule has 120 valence electrons. The Balaban J connectivity index is 1.79. The van der Waals surface area contributed by atoms with Gasteiger partial charge in [-0.1, -0.05) is 23.1 Å². The number of benzene rings is 1. The Morgan fingerprint density at radius 3 is 2.78 bits per heavy atom. The predicted octanol–water partition coefficient (Wildman–Crippen LogP) is 3.25. The highest BCUT2D eigenvalue weighted by atomic mass is 32.2. The van der Waals surface area contributed by atoms with Crippen molar-refractivity contribution in [3.8, 4) is 0 Å². The molecule has 0 unspecified atom stereocenters. The van der Waals surface area contributed by atoms with Gasteiger partial charge in [0.05, 0.1) is 15.9 Å². The number of aromatic nitrogens is 2. The second-order valence-electron chi connectivity index (χ2n) is 4.94. The fraction of sp³-hybridized carbons (Fsp3) is 0.308. The molecule has 0 aliphatic heterocycles. The van der Waals surface area contributed by atoms with Crippen LogP contribution in [-0.4, -0.2) is 27.1 Å². The highest BCUT2D eigenvalue weighted by Gasteiger charge is 2.34. The van der Waals surface area contributed by atoms with Gasteiger partial charge in [0.15, 0.2) is 4.34 Å². The van der Waals surface area contributed by atoms with E-state index in [0.717, 1.165) is 30.7 Å². The number of carbonyl (C=O) groups is 1. The monoisotopic (exact) mass is 354 g/mol. The third-order valence-corrected chi connectivity index (χ3v) is 5.20. The molecule has 1 aromatic heterocycles. The van der Waals surface area contributed by atoms with E-state index < -0.39 is 10.7 Å². The number of halogens is 1. The first-order chi connectivity index (χ1) is 11.0. The van der Waals surface area contributed by atoms with Crippen molar-refractivity contribution in [1.82, 2.24) is 10.2 Å². The first kappa shape index (κ1) is 15.8. The van der Waals surface area contributed by atoms with Crippen LogP contribution >= 0.6 is 23.1 Å². The molecule has 1 fully saturated rings. The lowest BCUT2D eigenvalue weighted by molar-refractivity contribution is -0.385. The van der Waals surface area contributed by atoms with Gasteiger partial charge < -0.3 is 0 Å². The van der Waals surface area contributed by atoms with Gasteiger partial charge in [-0.05, 0) is 18.9 Å². The van der Waals surface area contributed by atoms with Crippen LogP contribution in [0.3, 0.4) is 0 Å². The smallest absolute Gasteiger partial charge is 0.272 e. The molecule has 1 heterocycles. The van der Waals surface area contributed by atoms with Crippen molar-refractivity contribution in [2.45, 2.75) is 35.0 Å². The van der Waals surface area contributed by atoms with Crippen LogP contribution in [0.25, 0.3) is 0 Å². The molecule has 0 radical (unpaired) electrons. The second kappa shape index (κ2) is 6.20. The zero-order chi connectivity index (χ0) is 16.6. The van der Waals surface area contributed by atoms with Crippen LogP contribution in [-0.2, 0) is 4.79 Å². The van der Waals surface area contributed by atoms with Crippen LogP contribution in [0.2, 0.25) is 0 Å². The molecule has 1 aromatic carbocycles. The molecule has 23 heavy (non-hydrogen) atoms. The van der Waals surface area contributed by atoms with E-state index in [9.17, 15) is 19.3 Å². The Kier molecular flexibility index (Phi) is 4.26. The summed E-state index contributed by atoms with van der Waals surface area (Å²) in [4.78, 5) is 23.5. The van der Waals surface area contributed by atoms with Crippen LogP contribution in [0.5, 0.6) is 0 Å². The van der Waals surface area contributed by atoms with Crippen molar-refractivity contribution < 1.29 is 14.1 Å². The Bertz CT molecular complexity index is 778. The molecule has 1 aliphatic carbocycles. The molecule has 0 atom stereocenters. The van der Waals surface area contributed by atoms with E-state index >= 15 is 0 Å². The summed E-state index contributed by atoms with van der Waals surface area (Å²) in [7, 11) is 0. The maximum absolute atomic E-state index is 13.9. The molecule has 0 spiro atoms. The summed E-state index contributed by atoms with van der Waals surface area (Å²) in [5.41, 5.74) is -0.304. The maximum Gasteiger partial charge on any atom is 0.272 e. The van der Waals surface area contributed by atoms with Gasteiger partial charge in [0.25, 0.3) is 5.69 Å². The van der Waals surface area contributed by atoms with Crippen molar-refractivity contribution in [3.05, 3.63) is 34.1 Å². The highest BCUT2D eigenvalue weighted by molar-refractivity contribution is 8.01. The molecule has 1 aliphatic rings. The third kappa shape index (κ3) is 3.48. The topological polar surface area (TPSA) is 89.2 Å². The SMILES string of the molecule is CC(=O)N(c1nnc(Sc2ccc([N+](=O)[O-])cc2F)s1)C1CC1. The zero-order valence-electron chi connectivity index (χ0n) is 11.9. The quantitative estimate of drug-likeness (QED) is 0.465. The number of hydrogen-bond acceptors (Lipinski definition) is 7. The van der Waals surface area contributed by atoms with Crippen LogP contribution in [0.1, 0.15) is 19.8 Å². The largest absolute Gasteiger partial charge is 0.284 e. The Morgan fingerprint density at radius 2 is 2.22 bits per heavy atom. The van der Waals surface area contributed by atoms with Crippen molar-refractivity contribution in [2.75, 3.05) is 4.90 Å². The summed E-state index contributed by atoms with van der Waals surface area (Å²) in [6.45, 7) is 1.47. The van der Waals surface area contributed by atoms with Crippen LogP contribution in [0.4, 0.5) is 15.2 Å². The van der Waals surface area contributed by atoms with Gasteiger partial charge in [0.2, 0.25) is 11.0 Å². The van der Waals surface area contributed by atoms with Gasteiger partial charge >= 0.3 is 0 Å². The minimum Gasteiger partial charge on any atom is -0.284 e. The number of non-ortho nitro benzene ring substituents is 1. The van der Waals surface area contributed by atoms with Gasteiger partial charge in [-0.2, -0.15) is 0 Å². The van der Waals surface area contributed by atoms with Crippen molar-refractivity contribution in [3.63, 3.8) is 0 Å². The summed E-state index contributed by atoms with van der Waals surface area (Å²) in [6.07, 6.45) is 1.89. The van der Waals surface area contributed by atoms with Gasteiger partial charge in [-0.15, -0.1) is 10.2 Å². The molecule has 2 aromatic rings. The van der Waals surface area contributed by atoms with Gasteiger partial charge in [-0.3, -0.25) is 19.8 Å². The van der Waals surface area contributed by atoms with Gasteiger partial charge in [0.1, 0.15) is 5.82 Å². The first-order valence-corrected chi connectivity index (χ1v) is 8.34. The van der Waals surface area contributed by atoms with E-state index in [1.165, 1.54) is 30.4 Å². The summed E-state index contributed by atoms with van der Waals surface area (Å²) < 4.78 is 14.4. The highest BCUT2D eigenvalue weighted by Crippen LogP contribution is 2.38. The lowest BCUT2D eigenvalue weighted by atomic mass is 10.3. The number of nitro groups is 1. The number of nitro benzene ring substituents is 1. The molecule has 0 N–H and O–H groups in total. The lowest BCUT2D eigenvalue weighted by Crippen LogP contribution is -2.30.